The van der Waals surface area contributed by atoms with Gasteiger partial charge in [-0.3, -0.25) is 9.59 Å². The number of nitrogen functional groups attached to an aromatic ring is 2. The number of hydrogen-bond donors (Lipinski definition) is 4. The van der Waals surface area contributed by atoms with Gasteiger partial charge in [0.2, 0.25) is 0 Å². The highest BCUT2D eigenvalue weighted by Gasteiger charge is 2.24. The molecule has 8 heteroatoms. The molecule has 8 nitrogen and oxygen atoms in total. The molecular weight excluding hydrogens is 665 g/mol. The van der Waals surface area contributed by atoms with Gasteiger partial charge in [-0.05, 0) is 115 Å². The third kappa shape index (κ3) is 12.0. The van der Waals surface area contributed by atoms with Crippen molar-refractivity contribution in [3.63, 3.8) is 0 Å². The molecule has 0 saturated carbocycles. The van der Waals surface area contributed by atoms with Gasteiger partial charge in [0.25, 0.3) is 0 Å². The van der Waals surface area contributed by atoms with Gasteiger partial charge in [-0.15, -0.1) is 0 Å². The lowest BCUT2D eigenvalue weighted by atomic mass is 9.81. The van der Waals surface area contributed by atoms with E-state index in [0.717, 1.165) is 41.5 Å². The van der Waals surface area contributed by atoms with E-state index < -0.39 is 0 Å². The number of ether oxygens (including phenoxy) is 2. The lowest BCUT2D eigenvalue weighted by molar-refractivity contribution is 0.103. The summed E-state index contributed by atoms with van der Waals surface area (Å²) in [4.78, 5) is 24.8. The summed E-state index contributed by atoms with van der Waals surface area (Å²) in [6.45, 7) is 17.5. The maximum absolute atomic E-state index is 12.4. The largest absolute Gasteiger partial charge is 0.508 e. The number of carbonyl (C=O) groups is 2. The number of nitrogens with two attached hydrogens (primary N) is 2. The van der Waals surface area contributed by atoms with E-state index in [-0.39, 0.29) is 33.9 Å². The highest BCUT2D eigenvalue weighted by atomic mass is 16.5. The summed E-state index contributed by atoms with van der Waals surface area (Å²) in [5.74, 6) is 1.34. The minimum atomic E-state index is -0.225. The Morgan fingerprint density at radius 2 is 1.00 bits per heavy atom. The number of rotatable bonds is 14. The van der Waals surface area contributed by atoms with Crippen molar-refractivity contribution in [1.29, 1.82) is 0 Å². The average molecular weight is 721 g/mol. The average Bonchev–Trinajstić information content (AvgIpc) is 3.12. The van der Waals surface area contributed by atoms with Crippen molar-refractivity contribution in [2.75, 3.05) is 24.7 Å². The summed E-state index contributed by atoms with van der Waals surface area (Å²) in [7, 11) is 0. The minimum absolute atomic E-state index is 0.110. The van der Waals surface area contributed by atoms with Crippen molar-refractivity contribution in [2.24, 2.45) is 0 Å². The van der Waals surface area contributed by atoms with Crippen LogP contribution in [0.3, 0.4) is 0 Å². The summed E-state index contributed by atoms with van der Waals surface area (Å²) in [5, 5.41) is 20.8. The molecule has 0 amide bonds. The van der Waals surface area contributed by atoms with Crippen LogP contribution in [0.25, 0.3) is 12.2 Å². The highest BCUT2D eigenvalue weighted by Crippen LogP contribution is 2.39. The molecule has 0 aliphatic carbocycles. The maximum atomic E-state index is 12.4. The van der Waals surface area contributed by atoms with Crippen LogP contribution in [0, 0.1) is 0 Å². The Bertz CT molecular complexity index is 1900. The molecule has 0 bridgehead atoms. The SMILES string of the molecule is CCCOc1cc(O)c(C(C)(C)C)cc1C=CC(=O)c1ccc(N)cc1.CCCOc1cc(O)c(C(C)(C)CC)cc1C=CC(=O)c1ccc(N)cc1. The Hall–Kier alpha value is -5.50. The van der Waals surface area contributed by atoms with Crippen LogP contribution in [0.15, 0.2) is 84.9 Å². The van der Waals surface area contributed by atoms with Crippen LogP contribution < -0.4 is 20.9 Å². The normalized spacial score (nSPS) is 11.7. The van der Waals surface area contributed by atoms with Crippen LogP contribution in [-0.4, -0.2) is 35.0 Å². The minimum Gasteiger partial charge on any atom is -0.508 e. The summed E-state index contributed by atoms with van der Waals surface area (Å²) in [5.41, 5.74) is 16.5. The van der Waals surface area contributed by atoms with E-state index in [1.807, 2.05) is 46.8 Å². The molecule has 4 aromatic rings. The van der Waals surface area contributed by atoms with Crippen LogP contribution in [-0.2, 0) is 10.8 Å². The third-order valence-corrected chi connectivity index (χ3v) is 8.82. The van der Waals surface area contributed by atoms with E-state index in [9.17, 15) is 19.8 Å². The molecule has 0 aliphatic heterocycles. The second kappa shape index (κ2) is 18.8. The number of hydrogen-bond acceptors (Lipinski definition) is 8. The number of allylic oxidation sites excluding steroid dienone is 2. The van der Waals surface area contributed by atoms with Gasteiger partial charge in [-0.1, -0.05) is 55.4 Å². The standard InChI is InChI=1S/C23H29NO3.C22H27NO3/c1-5-13-27-22-15-21(26)19(23(3,4)6-2)14-17(22)9-12-20(25)16-7-10-18(24)11-8-16;1-5-12-26-21-14-20(25)18(22(2,3)4)13-16(21)8-11-19(24)15-6-9-17(23)10-7-15/h7-12,14-15,26H,5-6,13,24H2,1-4H3;6-11,13-14,25H,5,12,23H2,1-4H3. The van der Waals surface area contributed by atoms with Gasteiger partial charge < -0.3 is 31.2 Å². The summed E-state index contributed by atoms with van der Waals surface area (Å²) in [6, 6.07) is 20.7. The number of carbonyl (C=O) groups excluding carboxylic acids is 2. The molecule has 0 aromatic heterocycles. The Morgan fingerprint density at radius 1 is 0.623 bits per heavy atom. The van der Waals surface area contributed by atoms with Crippen LogP contribution in [0.2, 0.25) is 0 Å². The fourth-order valence-corrected chi connectivity index (χ4v) is 5.26. The van der Waals surface area contributed by atoms with Gasteiger partial charge in [0.15, 0.2) is 11.6 Å². The molecule has 0 fully saturated rings. The molecule has 0 heterocycles. The highest BCUT2D eigenvalue weighted by molar-refractivity contribution is 6.07. The first kappa shape index (κ1) is 41.9. The molecule has 6 N–H and O–H groups in total. The smallest absolute Gasteiger partial charge is 0.185 e. The predicted molar refractivity (Wildman–Crippen MR) is 218 cm³/mol. The molecule has 4 rings (SSSR count). The van der Waals surface area contributed by atoms with E-state index >= 15 is 0 Å². The quantitative estimate of drug-likeness (QED) is 0.0572. The van der Waals surface area contributed by atoms with Crippen LogP contribution >= 0.6 is 0 Å². The topological polar surface area (TPSA) is 145 Å². The molecule has 0 radical (unpaired) electrons. The fourth-order valence-electron chi connectivity index (χ4n) is 5.26. The van der Waals surface area contributed by atoms with Crippen LogP contribution in [0.5, 0.6) is 23.0 Å². The number of phenols is 2. The maximum Gasteiger partial charge on any atom is 0.185 e. The Balaban J connectivity index is 0.000000286. The van der Waals surface area contributed by atoms with Crippen LogP contribution in [0.4, 0.5) is 11.4 Å². The first-order valence-electron chi connectivity index (χ1n) is 18.2. The monoisotopic (exact) mass is 720 g/mol. The number of aromatic hydroxyl groups is 2. The second-order valence-electron chi connectivity index (χ2n) is 14.6. The zero-order valence-corrected chi connectivity index (χ0v) is 32.5. The molecule has 0 spiro atoms. The van der Waals surface area contributed by atoms with Gasteiger partial charge in [0, 0.05) is 56.9 Å². The Labute approximate surface area is 315 Å². The number of benzene rings is 4. The van der Waals surface area contributed by atoms with E-state index in [0.29, 0.717) is 47.2 Å². The molecule has 282 valence electrons. The summed E-state index contributed by atoms with van der Waals surface area (Å²) < 4.78 is 11.5. The molecule has 0 atom stereocenters. The van der Waals surface area contributed by atoms with E-state index in [2.05, 4.69) is 20.8 Å². The van der Waals surface area contributed by atoms with Gasteiger partial charge in [0.05, 0.1) is 13.2 Å². The van der Waals surface area contributed by atoms with Gasteiger partial charge in [-0.2, -0.15) is 0 Å². The number of anilines is 2. The first-order valence-corrected chi connectivity index (χ1v) is 18.2. The lowest BCUT2D eigenvalue weighted by Crippen LogP contribution is -2.16. The van der Waals surface area contributed by atoms with Crippen molar-refractivity contribution < 1.29 is 29.3 Å². The van der Waals surface area contributed by atoms with E-state index in [1.165, 1.54) is 12.2 Å². The second-order valence-corrected chi connectivity index (χ2v) is 14.6. The molecular formula is C45H56N2O6. The van der Waals surface area contributed by atoms with Crippen molar-refractivity contribution in [3.05, 3.63) is 118 Å². The van der Waals surface area contributed by atoms with E-state index in [1.54, 1.807) is 72.8 Å². The summed E-state index contributed by atoms with van der Waals surface area (Å²) in [6.07, 6.45) is 9.12. The third-order valence-electron chi connectivity index (χ3n) is 8.82. The molecule has 53 heavy (non-hydrogen) atoms. The zero-order chi connectivity index (χ0) is 39.3. The fraction of sp³-hybridized carbons (Fsp3) is 0.333. The van der Waals surface area contributed by atoms with Gasteiger partial charge >= 0.3 is 0 Å². The number of phenolic OH excluding ortho intramolecular Hbond substituents is 2. The van der Waals surface area contributed by atoms with Gasteiger partial charge in [-0.25, -0.2) is 0 Å². The zero-order valence-electron chi connectivity index (χ0n) is 32.5. The van der Waals surface area contributed by atoms with Crippen LogP contribution in [0.1, 0.15) is 118 Å². The Kier molecular flexibility index (Phi) is 14.9. The molecule has 4 aromatic carbocycles. The van der Waals surface area contributed by atoms with Crippen molar-refractivity contribution in [2.45, 2.75) is 85.5 Å². The number of ketones is 2. The molecule has 0 unspecified atom stereocenters. The van der Waals surface area contributed by atoms with Crippen molar-refractivity contribution >= 4 is 35.1 Å². The first-order chi connectivity index (χ1) is 25.0. The van der Waals surface area contributed by atoms with E-state index in [4.69, 9.17) is 20.9 Å². The van der Waals surface area contributed by atoms with Crippen molar-refractivity contribution in [3.8, 4) is 23.0 Å². The molecule has 0 aliphatic rings. The van der Waals surface area contributed by atoms with Gasteiger partial charge in [0.1, 0.15) is 23.0 Å². The molecule has 0 saturated heterocycles. The Morgan fingerprint density at radius 3 is 1.36 bits per heavy atom. The summed E-state index contributed by atoms with van der Waals surface area (Å²) >= 11 is 0. The lowest BCUT2D eigenvalue weighted by Gasteiger charge is -2.25. The van der Waals surface area contributed by atoms with Crippen molar-refractivity contribution in [1.82, 2.24) is 0 Å². The predicted octanol–water partition coefficient (Wildman–Crippen LogP) is 10.3.